The number of hydrogen-bond donors (Lipinski definition) is 17. The summed E-state index contributed by atoms with van der Waals surface area (Å²) in [5.74, 6) is -8.18. The van der Waals surface area contributed by atoms with Gasteiger partial charge in [0.25, 0.3) is 0 Å². The maximum absolute atomic E-state index is 15.1. The zero-order valence-corrected chi connectivity index (χ0v) is 61.5. The number of carbonyl (C=O) groups is 10. The first-order valence-electron chi connectivity index (χ1n) is 36.1. The molecule has 10 unspecified atom stereocenters. The number of aliphatic hydroxyl groups is 2. The van der Waals surface area contributed by atoms with Crippen molar-refractivity contribution in [3.05, 3.63) is 149 Å². The van der Waals surface area contributed by atoms with Crippen molar-refractivity contribution in [3.8, 4) is 5.75 Å². The highest BCUT2D eigenvalue weighted by Crippen LogP contribution is 2.26. The Morgan fingerprint density at radius 3 is 1.71 bits per heavy atom. The average Bonchev–Trinajstić information content (AvgIpc) is 1.80. The predicted molar refractivity (Wildman–Crippen MR) is 407 cm³/mol. The number of primary amides is 1. The first kappa shape index (κ1) is 83.4. The quantitative estimate of drug-likeness (QED) is 0.0147. The van der Waals surface area contributed by atoms with E-state index in [2.05, 4.69) is 62.8 Å². The molecule has 0 radical (unpaired) electrons. The minimum Gasteiger partial charge on any atom is -0.508 e. The average molecular weight is 1500 g/mol. The van der Waals surface area contributed by atoms with E-state index in [-0.39, 0.29) is 114 Å². The number of aromatic amines is 1. The minimum absolute atomic E-state index is 0.00489. The molecule has 0 aliphatic carbocycles. The maximum Gasteiger partial charge on any atom is 0.245 e. The normalized spacial score (nSPS) is 15.4. The number of rotatable bonds is 41. The van der Waals surface area contributed by atoms with Crippen molar-refractivity contribution in [3.63, 3.8) is 0 Å². The molecule has 1 aromatic heterocycles. The van der Waals surface area contributed by atoms with Crippen molar-refractivity contribution in [2.24, 2.45) is 38.8 Å². The Labute approximate surface area is 626 Å². The fourth-order valence-electron chi connectivity index (χ4n) is 12.8. The summed E-state index contributed by atoms with van der Waals surface area (Å²) in [5.41, 5.74) is 25.5. The molecule has 0 spiro atoms. The molecule has 6 aromatic rings. The van der Waals surface area contributed by atoms with Crippen LogP contribution in [0.4, 0.5) is 0 Å². The molecule has 0 bridgehead atoms. The Hall–Kier alpha value is -10.8. The number of hydrogen-bond acceptors (Lipinski definition) is 15. The molecular weight excluding hydrogens is 1390 g/mol. The molecule has 1 aliphatic heterocycles. The summed E-state index contributed by atoms with van der Waals surface area (Å²) < 4.78 is 0. The number of guanidine groups is 2. The van der Waals surface area contributed by atoms with E-state index in [0.717, 1.165) is 10.8 Å². The second-order valence-electron chi connectivity index (χ2n) is 27.2. The monoisotopic (exact) mass is 1500 g/mol. The van der Waals surface area contributed by atoms with E-state index < -0.39 is 126 Å². The Balaban J connectivity index is 1.16. The number of likely N-dealkylation sites (tertiary alicyclic amines) is 1. The van der Waals surface area contributed by atoms with Crippen LogP contribution in [0.5, 0.6) is 5.75 Å². The van der Waals surface area contributed by atoms with E-state index >= 15 is 14.4 Å². The SMILES string of the molecule is CCNC(N)=NCCCCC(NC(=O)C(Cc1ccc(O)cc1)NC(=O)C(CO)NC(=O)C(Cc1c[nH]c2ccccc12)NC(=O)C(Cc1ccc(Cl)cc1)NC(=O)C(Cc1ccc2ccccc2c1)NC(C)=O)C(=O)NC(CC(C)C)C(=O)NC(CCCN=C(N)N)C(=O)N1CCCC1C(O)CCC(N)=O. The number of amides is 10. The summed E-state index contributed by atoms with van der Waals surface area (Å²) in [6, 6.07) is 20.5. The third-order valence-corrected chi connectivity index (χ3v) is 18.5. The summed E-state index contributed by atoms with van der Waals surface area (Å²) in [4.78, 5) is 156. The van der Waals surface area contributed by atoms with Crippen molar-refractivity contribution in [2.75, 3.05) is 32.8 Å². The molecule has 1 saturated heterocycles. The van der Waals surface area contributed by atoms with Gasteiger partial charge in [-0.2, -0.15) is 0 Å². The molecule has 2 heterocycles. The van der Waals surface area contributed by atoms with Gasteiger partial charge >= 0.3 is 0 Å². The highest BCUT2D eigenvalue weighted by Gasteiger charge is 2.40. The van der Waals surface area contributed by atoms with Crippen LogP contribution in [0.2, 0.25) is 5.02 Å². The molecule has 5 aromatic carbocycles. The van der Waals surface area contributed by atoms with Gasteiger partial charge in [0.05, 0.1) is 18.8 Å². The minimum atomic E-state index is -1.83. The summed E-state index contributed by atoms with van der Waals surface area (Å²) in [6.45, 7) is 6.74. The summed E-state index contributed by atoms with van der Waals surface area (Å²) in [6.07, 6.45) is 1.62. The summed E-state index contributed by atoms with van der Waals surface area (Å²) in [7, 11) is 0. The van der Waals surface area contributed by atoms with Gasteiger partial charge in [-0.15, -0.1) is 0 Å². The molecule has 21 N–H and O–H groups in total. The maximum atomic E-state index is 15.1. The lowest BCUT2D eigenvalue weighted by atomic mass is 9.99. The van der Waals surface area contributed by atoms with Gasteiger partial charge in [0, 0.05) is 87.3 Å². The second kappa shape index (κ2) is 41.7. The Bertz CT molecular complexity index is 4080. The van der Waals surface area contributed by atoms with E-state index in [1.165, 1.54) is 36.1 Å². The molecule has 31 heteroatoms. The number of fused-ring (bicyclic) bond motifs is 2. The van der Waals surface area contributed by atoms with Crippen LogP contribution in [0, 0.1) is 5.92 Å². The lowest BCUT2D eigenvalue weighted by Gasteiger charge is -2.33. The molecule has 10 atom stereocenters. The molecule has 107 heavy (non-hydrogen) atoms. The highest BCUT2D eigenvalue weighted by atomic mass is 35.5. The molecule has 1 aliphatic rings. The number of aromatic hydroxyl groups is 1. The van der Waals surface area contributed by atoms with Crippen LogP contribution >= 0.6 is 11.6 Å². The number of aliphatic imine (C=N–C) groups is 2. The fourth-order valence-corrected chi connectivity index (χ4v) is 12.9. The van der Waals surface area contributed by atoms with E-state index in [1.54, 1.807) is 48.7 Å². The van der Waals surface area contributed by atoms with Crippen LogP contribution in [-0.4, -0.2) is 189 Å². The van der Waals surface area contributed by atoms with Crippen molar-refractivity contribution in [2.45, 2.75) is 178 Å². The first-order chi connectivity index (χ1) is 51.2. The third kappa shape index (κ3) is 26.6. The predicted octanol–water partition coefficient (Wildman–Crippen LogP) is 1.65. The largest absolute Gasteiger partial charge is 0.508 e. The van der Waals surface area contributed by atoms with Gasteiger partial charge in [-0.05, 0) is 134 Å². The molecule has 10 amide bonds. The number of carbonyl (C=O) groups excluding carboxylic acids is 10. The van der Waals surface area contributed by atoms with Crippen LogP contribution in [-0.2, 0) is 73.6 Å². The number of nitrogens with two attached hydrogens (primary N) is 4. The topological polar surface area (TPSA) is 487 Å². The van der Waals surface area contributed by atoms with Gasteiger partial charge in [0.2, 0.25) is 59.1 Å². The van der Waals surface area contributed by atoms with Crippen LogP contribution in [0.25, 0.3) is 21.7 Å². The molecule has 576 valence electrons. The molecule has 0 saturated carbocycles. The number of aromatic nitrogens is 1. The number of nitrogens with one attached hydrogen (secondary N) is 10. The second-order valence-corrected chi connectivity index (χ2v) is 27.6. The standard InChI is InChI=1S/C76H102ClN17O13/c1-5-82-76(81)84-33-11-10-18-56(67(100)89-58(36-44(2)3)68(101)88-57(19-12-34-83-75(79)80)74(107)94-35-13-20-64(94)65(98)31-32-66(78)99)87-70(103)60(39-47-24-29-53(97)30-25-47)91-73(106)63(43-95)93-72(105)62(41-51-42-85-55-17-9-8-16-54(51)55)92-71(104)61(38-46-22-27-52(77)28-23-46)90-69(102)59(86-45(4)96)40-48-21-26-49-14-6-7-15-50(49)37-48/h6-9,14-17,21-30,37,42,44,56-65,85,95,97-98H,5,10-13,18-20,31-36,38-41,43H2,1-4H3,(H2,78,99)(H,86,96)(H,87,103)(H,88,101)(H,89,100)(H,90,102)(H,91,106)(H,92,104)(H,93,105)(H4,79,80,83)(H3,81,82,84). The van der Waals surface area contributed by atoms with Crippen LogP contribution in [0.3, 0.4) is 0 Å². The van der Waals surface area contributed by atoms with Gasteiger partial charge in [-0.25, -0.2) is 0 Å². The zero-order chi connectivity index (χ0) is 77.7. The number of phenolic OH excluding ortho intramolecular Hbond substituents is 1. The van der Waals surface area contributed by atoms with Crippen molar-refractivity contribution in [1.29, 1.82) is 0 Å². The number of halogens is 1. The van der Waals surface area contributed by atoms with E-state index in [4.69, 9.17) is 34.5 Å². The Morgan fingerprint density at radius 2 is 1.09 bits per heavy atom. The van der Waals surface area contributed by atoms with Crippen LogP contribution in [0.1, 0.15) is 114 Å². The molecule has 7 rings (SSSR count). The van der Waals surface area contributed by atoms with Crippen molar-refractivity contribution in [1.82, 2.24) is 57.7 Å². The number of benzene rings is 5. The molecular formula is C76H102ClN17O13. The van der Waals surface area contributed by atoms with Crippen molar-refractivity contribution >= 4 is 104 Å². The third-order valence-electron chi connectivity index (χ3n) is 18.3. The number of H-pyrrole nitrogens is 1. The van der Waals surface area contributed by atoms with Gasteiger partial charge < -0.3 is 96.0 Å². The molecule has 1 fully saturated rings. The van der Waals surface area contributed by atoms with Crippen LogP contribution < -0.4 is 70.8 Å². The lowest BCUT2D eigenvalue weighted by molar-refractivity contribution is -0.140. The number of aliphatic hydroxyl groups excluding tert-OH is 2. The lowest BCUT2D eigenvalue weighted by Crippen LogP contribution is -2.61. The Morgan fingerprint density at radius 1 is 0.579 bits per heavy atom. The van der Waals surface area contributed by atoms with E-state index in [9.17, 15) is 48.9 Å². The summed E-state index contributed by atoms with van der Waals surface area (Å²) >= 11 is 6.28. The fraction of sp³-hybridized carbons (Fsp3) is 0.447. The van der Waals surface area contributed by atoms with Crippen LogP contribution in [0.15, 0.2) is 131 Å². The van der Waals surface area contributed by atoms with Gasteiger partial charge in [-0.1, -0.05) is 110 Å². The van der Waals surface area contributed by atoms with E-state index in [1.807, 2.05) is 69.3 Å². The van der Waals surface area contributed by atoms with E-state index in [0.29, 0.717) is 64.0 Å². The number of phenols is 1. The highest BCUT2D eigenvalue weighted by molar-refractivity contribution is 6.30. The number of nitrogens with zero attached hydrogens (tertiary/aromatic N) is 3. The van der Waals surface area contributed by atoms with Gasteiger partial charge in [0.1, 0.15) is 54.1 Å². The molecule has 30 nitrogen and oxygen atoms in total. The zero-order valence-electron chi connectivity index (χ0n) is 60.8. The first-order valence-corrected chi connectivity index (χ1v) is 36.5. The Kier molecular flexibility index (Phi) is 32.5. The summed E-state index contributed by atoms with van der Waals surface area (Å²) in [5, 5.41) is 60.3. The van der Waals surface area contributed by atoms with Gasteiger partial charge in [0.15, 0.2) is 11.9 Å². The smallest absolute Gasteiger partial charge is 0.245 e. The van der Waals surface area contributed by atoms with Crippen molar-refractivity contribution < 1.29 is 63.3 Å². The number of unbranched alkanes of at least 4 members (excludes halogenated alkanes) is 1. The van der Waals surface area contributed by atoms with Gasteiger partial charge in [-0.3, -0.25) is 57.9 Å². The number of para-hydroxylation sites is 1.